The number of Topliss-reactive ketones (excluding diaryl/α,β-unsaturated/α-hetero) is 1. The van der Waals surface area contributed by atoms with E-state index < -0.39 is 10.0 Å². The van der Waals surface area contributed by atoms with E-state index in [9.17, 15) is 18.0 Å². The van der Waals surface area contributed by atoms with Gasteiger partial charge in [-0.1, -0.05) is 23.7 Å². The summed E-state index contributed by atoms with van der Waals surface area (Å²) in [6, 6.07) is 10.00. The van der Waals surface area contributed by atoms with E-state index in [4.69, 9.17) is 11.6 Å². The second-order valence-corrected chi connectivity index (χ2v) is 10.2. The topological polar surface area (TPSA) is 74.8 Å². The number of hydrogen-bond acceptors (Lipinski definition) is 5. The Morgan fingerprint density at radius 2 is 1.71 bits per heavy atom. The molecular weight excluding hydrogens is 420 g/mol. The van der Waals surface area contributed by atoms with Crippen molar-refractivity contribution < 1.29 is 18.0 Å². The second kappa shape index (κ2) is 8.73. The first-order valence-corrected chi connectivity index (χ1v) is 11.5. The number of amides is 1. The minimum absolute atomic E-state index is 0.0358. The second-order valence-electron chi connectivity index (χ2n) is 6.55. The van der Waals surface area contributed by atoms with Crippen LogP contribution in [-0.2, 0) is 14.8 Å². The first-order chi connectivity index (χ1) is 13.3. The van der Waals surface area contributed by atoms with Crippen LogP contribution in [0.4, 0.5) is 0 Å². The lowest BCUT2D eigenvalue weighted by molar-refractivity contribution is -0.132. The maximum Gasteiger partial charge on any atom is 0.244 e. The molecule has 0 unspecified atom stereocenters. The summed E-state index contributed by atoms with van der Waals surface area (Å²) in [6.45, 7) is 2.95. The molecule has 1 aromatic carbocycles. The molecule has 0 saturated carbocycles. The largest absolute Gasteiger partial charge is 0.340 e. The highest BCUT2D eigenvalue weighted by Gasteiger charge is 2.31. The fourth-order valence-electron chi connectivity index (χ4n) is 3.06. The number of ketones is 1. The monoisotopic (exact) mass is 440 g/mol. The number of carbonyl (C=O) groups is 2. The number of sulfonamides is 1. The van der Waals surface area contributed by atoms with Gasteiger partial charge in [-0.05, 0) is 31.2 Å². The van der Waals surface area contributed by atoms with Gasteiger partial charge < -0.3 is 4.90 Å². The molecule has 0 radical (unpaired) electrons. The summed E-state index contributed by atoms with van der Waals surface area (Å²) in [5.74, 6) is -0.164. The third-order valence-electron chi connectivity index (χ3n) is 4.63. The maximum atomic E-state index is 12.8. The quantitative estimate of drug-likeness (QED) is 0.646. The standard InChI is InChI=1S/C19H21ClN2O4S2/c1-14-6-8-17(27-14)16(23)7-9-19(24)21-10-12-22(13-11-21)28(25,26)18-5-3-2-4-15(18)20/h2-6,8H,7,9-13H2,1H3. The molecule has 1 saturated heterocycles. The summed E-state index contributed by atoms with van der Waals surface area (Å²) >= 11 is 7.46. The molecule has 1 amide bonds. The molecule has 0 aliphatic carbocycles. The van der Waals surface area contributed by atoms with Crippen molar-refractivity contribution in [1.82, 2.24) is 9.21 Å². The number of piperazine rings is 1. The zero-order valence-corrected chi connectivity index (χ0v) is 17.8. The number of rotatable bonds is 6. The zero-order valence-electron chi connectivity index (χ0n) is 15.4. The molecule has 1 aliphatic heterocycles. The van der Waals surface area contributed by atoms with Crippen molar-refractivity contribution in [3.8, 4) is 0 Å². The van der Waals surface area contributed by atoms with Crippen molar-refractivity contribution >= 4 is 44.7 Å². The van der Waals surface area contributed by atoms with E-state index in [1.807, 2.05) is 13.0 Å². The van der Waals surface area contributed by atoms with Crippen molar-refractivity contribution in [2.45, 2.75) is 24.7 Å². The Labute approximate surface area is 173 Å². The summed E-state index contributed by atoms with van der Waals surface area (Å²) in [5, 5.41) is 0.184. The Bertz CT molecular complexity index is 979. The zero-order chi connectivity index (χ0) is 20.3. The number of aryl methyl sites for hydroxylation is 1. The Morgan fingerprint density at radius 1 is 1.04 bits per heavy atom. The van der Waals surface area contributed by atoms with E-state index in [1.54, 1.807) is 29.2 Å². The molecule has 0 spiro atoms. The average molecular weight is 441 g/mol. The molecular formula is C19H21ClN2O4S2. The van der Waals surface area contributed by atoms with Crippen LogP contribution in [-0.4, -0.2) is 55.5 Å². The Morgan fingerprint density at radius 3 is 2.32 bits per heavy atom. The van der Waals surface area contributed by atoms with Gasteiger partial charge in [0.15, 0.2) is 5.78 Å². The van der Waals surface area contributed by atoms with Crippen LogP contribution in [0, 0.1) is 6.92 Å². The van der Waals surface area contributed by atoms with E-state index in [1.165, 1.54) is 21.7 Å². The molecule has 2 aromatic rings. The SMILES string of the molecule is Cc1ccc(C(=O)CCC(=O)N2CCN(S(=O)(=O)c3ccccc3Cl)CC2)s1. The van der Waals surface area contributed by atoms with Gasteiger partial charge in [0.25, 0.3) is 0 Å². The molecule has 0 atom stereocenters. The molecule has 0 bridgehead atoms. The van der Waals surface area contributed by atoms with Gasteiger partial charge in [0.2, 0.25) is 15.9 Å². The Balaban J connectivity index is 1.54. The number of benzene rings is 1. The highest BCUT2D eigenvalue weighted by molar-refractivity contribution is 7.89. The first kappa shape index (κ1) is 21.0. The predicted octanol–water partition coefficient (Wildman–Crippen LogP) is 3.21. The van der Waals surface area contributed by atoms with Gasteiger partial charge in [-0.15, -0.1) is 11.3 Å². The van der Waals surface area contributed by atoms with Gasteiger partial charge in [-0.3, -0.25) is 9.59 Å². The normalized spacial score (nSPS) is 15.6. The molecule has 2 heterocycles. The number of carbonyl (C=O) groups excluding carboxylic acids is 2. The van der Waals surface area contributed by atoms with Crippen LogP contribution in [0.15, 0.2) is 41.3 Å². The number of hydrogen-bond donors (Lipinski definition) is 0. The number of halogens is 1. The van der Waals surface area contributed by atoms with Gasteiger partial charge in [0, 0.05) is 43.9 Å². The van der Waals surface area contributed by atoms with Gasteiger partial charge in [-0.2, -0.15) is 4.31 Å². The van der Waals surface area contributed by atoms with Gasteiger partial charge in [0.05, 0.1) is 9.90 Å². The first-order valence-electron chi connectivity index (χ1n) is 8.91. The van der Waals surface area contributed by atoms with E-state index >= 15 is 0 Å². The highest BCUT2D eigenvalue weighted by Crippen LogP contribution is 2.25. The fraction of sp³-hybridized carbons (Fsp3) is 0.368. The van der Waals surface area contributed by atoms with Crippen molar-refractivity contribution in [3.05, 3.63) is 51.2 Å². The molecule has 150 valence electrons. The molecule has 3 rings (SSSR count). The lowest BCUT2D eigenvalue weighted by Crippen LogP contribution is -2.50. The lowest BCUT2D eigenvalue weighted by Gasteiger charge is -2.34. The van der Waals surface area contributed by atoms with Crippen LogP contribution in [0.5, 0.6) is 0 Å². The van der Waals surface area contributed by atoms with Gasteiger partial charge in [0.1, 0.15) is 4.90 Å². The van der Waals surface area contributed by atoms with Crippen molar-refractivity contribution in [2.24, 2.45) is 0 Å². The van der Waals surface area contributed by atoms with E-state index in [0.717, 1.165) is 4.88 Å². The summed E-state index contributed by atoms with van der Waals surface area (Å²) in [4.78, 5) is 28.0. The molecule has 1 fully saturated rings. The molecule has 0 N–H and O–H groups in total. The smallest absolute Gasteiger partial charge is 0.244 e. The molecule has 28 heavy (non-hydrogen) atoms. The lowest BCUT2D eigenvalue weighted by atomic mass is 10.1. The van der Waals surface area contributed by atoms with Crippen molar-refractivity contribution in [1.29, 1.82) is 0 Å². The Kier molecular flexibility index (Phi) is 6.54. The third-order valence-corrected chi connectivity index (χ3v) is 8.07. The third kappa shape index (κ3) is 4.63. The molecule has 6 nitrogen and oxygen atoms in total. The fourth-order valence-corrected chi connectivity index (χ4v) is 5.81. The van der Waals surface area contributed by atoms with Crippen LogP contribution >= 0.6 is 22.9 Å². The van der Waals surface area contributed by atoms with Crippen LogP contribution in [0.3, 0.4) is 0 Å². The van der Waals surface area contributed by atoms with Crippen LogP contribution in [0.1, 0.15) is 27.4 Å². The van der Waals surface area contributed by atoms with E-state index in [0.29, 0.717) is 18.0 Å². The minimum atomic E-state index is -3.69. The van der Waals surface area contributed by atoms with Gasteiger partial charge >= 0.3 is 0 Å². The molecule has 9 heteroatoms. The van der Waals surface area contributed by atoms with Crippen molar-refractivity contribution in [3.63, 3.8) is 0 Å². The summed E-state index contributed by atoms with van der Waals surface area (Å²) in [6.07, 6.45) is 0.296. The molecule has 1 aliphatic rings. The summed E-state index contributed by atoms with van der Waals surface area (Å²) in [7, 11) is -3.69. The maximum absolute atomic E-state index is 12.8. The van der Waals surface area contributed by atoms with E-state index in [-0.39, 0.29) is 47.5 Å². The molecule has 1 aromatic heterocycles. The van der Waals surface area contributed by atoms with Crippen molar-refractivity contribution in [2.75, 3.05) is 26.2 Å². The summed E-state index contributed by atoms with van der Waals surface area (Å²) in [5.41, 5.74) is 0. The van der Waals surface area contributed by atoms with Gasteiger partial charge in [-0.25, -0.2) is 8.42 Å². The Hall–Kier alpha value is -1.74. The van der Waals surface area contributed by atoms with Crippen LogP contribution < -0.4 is 0 Å². The van der Waals surface area contributed by atoms with E-state index in [2.05, 4.69) is 0 Å². The summed E-state index contributed by atoms with van der Waals surface area (Å²) < 4.78 is 26.9. The number of nitrogens with zero attached hydrogens (tertiary/aromatic N) is 2. The average Bonchev–Trinajstić information content (AvgIpc) is 3.12. The van der Waals surface area contributed by atoms with Crippen LogP contribution in [0.2, 0.25) is 5.02 Å². The highest BCUT2D eigenvalue weighted by atomic mass is 35.5. The van der Waals surface area contributed by atoms with Crippen LogP contribution in [0.25, 0.3) is 0 Å². The predicted molar refractivity (Wildman–Crippen MR) is 109 cm³/mol. The number of thiophene rings is 1. The minimum Gasteiger partial charge on any atom is -0.340 e.